The lowest BCUT2D eigenvalue weighted by Gasteiger charge is -2.27. The highest BCUT2D eigenvalue weighted by atomic mass is 16.5. The molecule has 34 heavy (non-hydrogen) atoms. The van der Waals surface area contributed by atoms with E-state index >= 15 is 0 Å². The van der Waals surface area contributed by atoms with Crippen LogP contribution in [-0.4, -0.2) is 80.4 Å². The quantitative estimate of drug-likeness (QED) is 0.429. The summed E-state index contributed by atoms with van der Waals surface area (Å²) in [4.78, 5) is 36.3. The van der Waals surface area contributed by atoms with Gasteiger partial charge in [0.15, 0.2) is 0 Å². The van der Waals surface area contributed by atoms with E-state index < -0.39 is 24.2 Å². The minimum atomic E-state index is -1.01. The third-order valence-electron chi connectivity index (χ3n) is 6.26. The Morgan fingerprint density at radius 3 is 2.82 bits per heavy atom. The maximum atomic E-state index is 13.1. The smallest absolute Gasteiger partial charge is 0.320 e. The van der Waals surface area contributed by atoms with Crippen molar-refractivity contribution < 1.29 is 29.6 Å². The van der Waals surface area contributed by atoms with Gasteiger partial charge in [0.2, 0.25) is 5.88 Å². The number of amides is 2. The van der Waals surface area contributed by atoms with Crippen LogP contribution in [0.15, 0.2) is 30.5 Å². The number of rotatable bonds is 9. The first kappa shape index (κ1) is 23.7. The number of anilines is 1. The van der Waals surface area contributed by atoms with Crippen LogP contribution in [-0.2, 0) is 4.79 Å². The molecule has 0 spiro atoms. The van der Waals surface area contributed by atoms with Crippen LogP contribution in [0.1, 0.15) is 54.3 Å². The number of aromatic nitrogens is 2. The number of carboxylic acid groups (broad SMARTS) is 1. The number of carbonyl (C=O) groups is 2. The van der Waals surface area contributed by atoms with Gasteiger partial charge in [-0.15, -0.1) is 0 Å². The highest BCUT2D eigenvalue weighted by molar-refractivity contribution is 5.78. The second kappa shape index (κ2) is 10.2. The van der Waals surface area contributed by atoms with Crippen molar-refractivity contribution in [2.24, 2.45) is 0 Å². The van der Waals surface area contributed by atoms with Gasteiger partial charge in [0, 0.05) is 44.0 Å². The van der Waals surface area contributed by atoms with Crippen molar-refractivity contribution in [1.29, 1.82) is 0 Å². The predicted molar refractivity (Wildman–Crippen MR) is 121 cm³/mol. The maximum Gasteiger partial charge on any atom is 0.320 e. The van der Waals surface area contributed by atoms with Crippen molar-refractivity contribution in [1.82, 2.24) is 19.8 Å². The summed E-state index contributed by atoms with van der Waals surface area (Å²) >= 11 is 0. The average molecular weight is 472 g/mol. The first-order valence-electron chi connectivity index (χ1n) is 11.3. The number of fused-ring (bicyclic) bond motifs is 1. The summed E-state index contributed by atoms with van der Waals surface area (Å²) in [5, 5.41) is 33.3. The Morgan fingerprint density at radius 2 is 2.12 bits per heavy atom. The van der Waals surface area contributed by atoms with E-state index in [2.05, 4.69) is 15.3 Å². The summed E-state index contributed by atoms with van der Waals surface area (Å²) in [6.45, 7) is 1.71. The van der Waals surface area contributed by atoms with Gasteiger partial charge in [-0.25, -0.2) is 14.8 Å². The standard InChI is InChI=1S/C23H29N5O6/c1-34-20-5-2-14(13-25-20)17(12-21(31)32)28-11-10-27(23(28)33)9-7-19(30)16-4-3-15-18(29)6-8-24-22(15)26-16/h2-5,13,17-19,29-30H,6-12H2,1H3,(H,24,26)(H,31,32). The first-order chi connectivity index (χ1) is 16.4. The minimum Gasteiger partial charge on any atom is -0.481 e. The molecule has 1 fully saturated rings. The van der Waals surface area contributed by atoms with Crippen molar-refractivity contribution in [2.75, 3.05) is 38.6 Å². The summed E-state index contributed by atoms with van der Waals surface area (Å²) in [6, 6.07) is 5.87. The summed E-state index contributed by atoms with van der Waals surface area (Å²) < 4.78 is 5.06. The van der Waals surface area contributed by atoms with E-state index in [-0.39, 0.29) is 18.9 Å². The van der Waals surface area contributed by atoms with Gasteiger partial charge in [-0.1, -0.05) is 12.1 Å². The second-order valence-electron chi connectivity index (χ2n) is 8.42. The van der Waals surface area contributed by atoms with Gasteiger partial charge in [-0.3, -0.25) is 4.79 Å². The Hall–Kier alpha value is -3.44. The van der Waals surface area contributed by atoms with Crippen LogP contribution in [0.5, 0.6) is 5.88 Å². The number of carboxylic acids is 1. The van der Waals surface area contributed by atoms with Crippen LogP contribution in [0, 0.1) is 0 Å². The van der Waals surface area contributed by atoms with E-state index in [0.717, 1.165) is 0 Å². The largest absolute Gasteiger partial charge is 0.481 e. The molecular formula is C23H29N5O6. The molecule has 2 amide bonds. The molecule has 3 unspecified atom stereocenters. The third-order valence-corrected chi connectivity index (χ3v) is 6.26. The Labute approximate surface area is 197 Å². The molecule has 1 saturated heterocycles. The van der Waals surface area contributed by atoms with E-state index in [9.17, 15) is 24.9 Å². The topological polar surface area (TPSA) is 148 Å². The van der Waals surface area contributed by atoms with Crippen molar-refractivity contribution in [3.63, 3.8) is 0 Å². The van der Waals surface area contributed by atoms with Gasteiger partial charge < -0.3 is 35.2 Å². The molecule has 0 radical (unpaired) electrons. The number of hydrogen-bond donors (Lipinski definition) is 4. The van der Waals surface area contributed by atoms with Crippen LogP contribution in [0.25, 0.3) is 0 Å². The summed E-state index contributed by atoms with van der Waals surface area (Å²) in [7, 11) is 1.49. The number of nitrogens with one attached hydrogen (secondary N) is 1. The fraction of sp³-hybridized carbons (Fsp3) is 0.478. The number of carbonyl (C=O) groups excluding carboxylic acids is 1. The molecule has 0 aromatic carbocycles. The second-order valence-corrected chi connectivity index (χ2v) is 8.42. The van der Waals surface area contributed by atoms with Crippen molar-refractivity contribution in [3.8, 4) is 5.88 Å². The molecule has 0 aliphatic carbocycles. The SMILES string of the molecule is COc1ccc(C(CC(=O)O)N2CCN(CCC(O)c3ccc4c(n3)NCCC4O)C2=O)cn1. The average Bonchev–Trinajstić information content (AvgIpc) is 3.20. The molecule has 2 aliphatic heterocycles. The number of pyridine rings is 2. The Kier molecular flexibility index (Phi) is 7.13. The number of aliphatic hydroxyl groups excluding tert-OH is 2. The highest BCUT2D eigenvalue weighted by Crippen LogP contribution is 2.31. The minimum absolute atomic E-state index is 0.242. The molecule has 11 heteroatoms. The molecule has 4 rings (SSSR count). The Balaban J connectivity index is 1.40. The van der Waals surface area contributed by atoms with Gasteiger partial charge in [-0.2, -0.15) is 0 Å². The molecule has 4 N–H and O–H groups in total. The molecule has 0 bridgehead atoms. The monoisotopic (exact) mass is 471 g/mol. The van der Waals surface area contributed by atoms with Crippen LogP contribution in [0.3, 0.4) is 0 Å². The van der Waals surface area contributed by atoms with E-state index in [0.29, 0.717) is 61.1 Å². The molecule has 11 nitrogen and oxygen atoms in total. The predicted octanol–water partition coefficient (Wildman–Crippen LogP) is 1.71. The number of urea groups is 1. The first-order valence-corrected chi connectivity index (χ1v) is 11.3. The number of ether oxygens (including phenoxy) is 1. The zero-order valence-corrected chi connectivity index (χ0v) is 18.9. The highest BCUT2D eigenvalue weighted by Gasteiger charge is 2.36. The maximum absolute atomic E-state index is 13.1. The Morgan fingerprint density at radius 1 is 1.29 bits per heavy atom. The molecule has 3 atom stereocenters. The molecule has 2 aliphatic rings. The third kappa shape index (κ3) is 5.05. The fourth-order valence-electron chi connectivity index (χ4n) is 4.37. The number of methoxy groups -OCH3 is 1. The molecular weight excluding hydrogens is 442 g/mol. The van der Waals surface area contributed by atoms with Crippen LogP contribution in [0.4, 0.5) is 10.6 Å². The van der Waals surface area contributed by atoms with Crippen LogP contribution >= 0.6 is 0 Å². The number of nitrogens with zero attached hydrogens (tertiary/aromatic N) is 4. The molecule has 2 aromatic heterocycles. The van der Waals surface area contributed by atoms with Crippen molar-refractivity contribution in [3.05, 3.63) is 47.3 Å². The lowest BCUT2D eigenvalue weighted by atomic mass is 10.0. The van der Waals surface area contributed by atoms with Gasteiger partial charge in [0.25, 0.3) is 0 Å². The number of aliphatic hydroxyl groups is 2. The lowest BCUT2D eigenvalue weighted by molar-refractivity contribution is -0.138. The van der Waals surface area contributed by atoms with E-state index in [1.165, 1.54) is 18.2 Å². The summed E-state index contributed by atoms with van der Waals surface area (Å²) in [5.74, 6) is -0.0373. The number of hydrogen-bond acceptors (Lipinski definition) is 8. The Bertz CT molecular complexity index is 1030. The zero-order valence-electron chi connectivity index (χ0n) is 18.9. The number of aliphatic carboxylic acids is 1. The molecule has 182 valence electrons. The summed E-state index contributed by atoms with van der Waals surface area (Å²) in [6.07, 6.45) is 0.727. The van der Waals surface area contributed by atoms with Gasteiger partial charge >= 0.3 is 12.0 Å². The van der Waals surface area contributed by atoms with E-state index in [4.69, 9.17) is 4.74 Å². The van der Waals surface area contributed by atoms with Crippen molar-refractivity contribution in [2.45, 2.75) is 37.5 Å². The van der Waals surface area contributed by atoms with E-state index in [1.807, 2.05) is 0 Å². The van der Waals surface area contributed by atoms with Gasteiger partial charge in [0.05, 0.1) is 37.5 Å². The van der Waals surface area contributed by atoms with Gasteiger partial charge in [0.1, 0.15) is 5.82 Å². The van der Waals surface area contributed by atoms with E-state index in [1.54, 1.807) is 29.2 Å². The fourth-order valence-corrected chi connectivity index (χ4v) is 4.37. The normalized spacial score (nSPS) is 19.4. The molecule has 2 aromatic rings. The molecule has 4 heterocycles. The van der Waals surface area contributed by atoms with Gasteiger partial charge in [-0.05, 0) is 24.5 Å². The van der Waals surface area contributed by atoms with Crippen molar-refractivity contribution >= 4 is 17.8 Å². The van der Waals surface area contributed by atoms with Crippen LogP contribution in [0.2, 0.25) is 0 Å². The van der Waals surface area contributed by atoms with Crippen LogP contribution < -0.4 is 10.1 Å². The molecule has 0 saturated carbocycles. The lowest BCUT2D eigenvalue weighted by Crippen LogP contribution is -2.36. The summed E-state index contributed by atoms with van der Waals surface area (Å²) in [5.41, 5.74) is 1.80. The zero-order chi connectivity index (χ0) is 24.2.